The second-order valence-electron chi connectivity index (χ2n) is 5.76. The van der Waals surface area contributed by atoms with Crippen LogP contribution < -0.4 is 5.32 Å². The van der Waals surface area contributed by atoms with Crippen LogP contribution in [0.5, 0.6) is 0 Å². The third-order valence-electron chi connectivity index (χ3n) is 4.28. The van der Waals surface area contributed by atoms with Gasteiger partial charge in [0.25, 0.3) is 0 Å². The lowest BCUT2D eigenvalue weighted by Crippen LogP contribution is -2.47. The van der Waals surface area contributed by atoms with Crippen molar-refractivity contribution in [1.29, 1.82) is 0 Å². The van der Waals surface area contributed by atoms with Gasteiger partial charge in [0.15, 0.2) is 0 Å². The minimum atomic E-state index is -0.383. The largest absolute Gasteiger partial charge is 0.362 e. The Labute approximate surface area is 119 Å². The molecule has 0 bridgehead atoms. The molecule has 1 aromatic heterocycles. The SMILES string of the molecule is Cc1ccc([N+](=O)[O-])c(NCC2(N(C)C)CCCC2)n1. The maximum Gasteiger partial charge on any atom is 0.311 e. The zero-order valence-electron chi connectivity index (χ0n) is 12.3. The molecule has 0 aliphatic heterocycles. The fourth-order valence-corrected chi connectivity index (χ4v) is 2.89. The third kappa shape index (κ3) is 2.90. The summed E-state index contributed by atoms with van der Waals surface area (Å²) in [6, 6.07) is 3.18. The van der Waals surface area contributed by atoms with Crippen molar-refractivity contribution in [3.63, 3.8) is 0 Å². The van der Waals surface area contributed by atoms with Gasteiger partial charge < -0.3 is 10.2 Å². The molecule has 6 heteroatoms. The molecule has 0 amide bonds. The highest BCUT2D eigenvalue weighted by molar-refractivity contribution is 5.56. The molecule has 1 aromatic rings. The highest BCUT2D eigenvalue weighted by Crippen LogP contribution is 2.34. The number of nitrogens with zero attached hydrogens (tertiary/aromatic N) is 3. The molecule has 1 aliphatic carbocycles. The van der Waals surface area contributed by atoms with Gasteiger partial charge in [-0.3, -0.25) is 10.1 Å². The number of hydrogen-bond acceptors (Lipinski definition) is 5. The fourth-order valence-electron chi connectivity index (χ4n) is 2.89. The Morgan fingerprint density at radius 2 is 2.05 bits per heavy atom. The molecule has 2 rings (SSSR count). The van der Waals surface area contributed by atoms with E-state index in [1.165, 1.54) is 18.9 Å². The highest BCUT2D eigenvalue weighted by atomic mass is 16.6. The van der Waals surface area contributed by atoms with E-state index in [4.69, 9.17) is 0 Å². The molecule has 1 fully saturated rings. The van der Waals surface area contributed by atoms with Crippen LogP contribution in [0.4, 0.5) is 11.5 Å². The average molecular weight is 278 g/mol. The summed E-state index contributed by atoms with van der Waals surface area (Å²) in [5.74, 6) is 0.378. The van der Waals surface area contributed by atoms with E-state index in [0.717, 1.165) is 18.5 Å². The molecular formula is C14H22N4O2. The Morgan fingerprint density at radius 1 is 1.40 bits per heavy atom. The lowest BCUT2D eigenvalue weighted by atomic mass is 9.96. The first kappa shape index (κ1) is 14.7. The smallest absolute Gasteiger partial charge is 0.311 e. The van der Waals surface area contributed by atoms with Gasteiger partial charge in [0, 0.05) is 23.8 Å². The topological polar surface area (TPSA) is 71.3 Å². The predicted molar refractivity (Wildman–Crippen MR) is 79.0 cm³/mol. The molecule has 1 N–H and O–H groups in total. The summed E-state index contributed by atoms with van der Waals surface area (Å²) in [5.41, 5.74) is 0.908. The van der Waals surface area contributed by atoms with Gasteiger partial charge in [0.1, 0.15) is 0 Å². The van der Waals surface area contributed by atoms with Gasteiger partial charge in [-0.2, -0.15) is 0 Å². The summed E-state index contributed by atoms with van der Waals surface area (Å²) in [6.07, 6.45) is 4.66. The summed E-state index contributed by atoms with van der Waals surface area (Å²) in [4.78, 5) is 17.2. The molecule has 6 nitrogen and oxygen atoms in total. The second-order valence-corrected chi connectivity index (χ2v) is 5.76. The molecule has 0 atom stereocenters. The van der Waals surface area contributed by atoms with Crippen molar-refractivity contribution in [2.75, 3.05) is 26.0 Å². The molecule has 0 aromatic carbocycles. The molecule has 0 radical (unpaired) electrons. The second kappa shape index (κ2) is 5.75. The van der Waals surface area contributed by atoms with Crippen molar-refractivity contribution in [2.24, 2.45) is 0 Å². The van der Waals surface area contributed by atoms with Crippen LogP contribution in [-0.2, 0) is 0 Å². The minimum absolute atomic E-state index is 0.0440. The third-order valence-corrected chi connectivity index (χ3v) is 4.28. The normalized spacial score (nSPS) is 17.4. The Bertz CT molecular complexity index is 496. The maximum absolute atomic E-state index is 11.1. The van der Waals surface area contributed by atoms with Crippen LogP contribution in [0.25, 0.3) is 0 Å². The van der Waals surface area contributed by atoms with Crippen molar-refractivity contribution in [1.82, 2.24) is 9.88 Å². The number of rotatable bonds is 5. The Balaban J connectivity index is 2.17. The number of anilines is 1. The molecule has 110 valence electrons. The molecule has 0 saturated heterocycles. The van der Waals surface area contributed by atoms with Gasteiger partial charge in [-0.05, 0) is 39.9 Å². The van der Waals surface area contributed by atoms with Crippen LogP contribution in [-0.4, -0.2) is 41.0 Å². The summed E-state index contributed by atoms with van der Waals surface area (Å²) < 4.78 is 0. The first-order valence-corrected chi connectivity index (χ1v) is 6.98. The van der Waals surface area contributed by atoms with Crippen molar-refractivity contribution in [3.8, 4) is 0 Å². The van der Waals surface area contributed by atoms with E-state index in [9.17, 15) is 10.1 Å². The maximum atomic E-state index is 11.1. The van der Waals surface area contributed by atoms with Crippen molar-refractivity contribution < 1.29 is 4.92 Å². The van der Waals surface area contributed by atoms with Gasteiger partial charge in [0.2, 0.25) is 5.82 Å². The number of aryl methyl sites for hydroxylation is 1. The van der Waals surface area contributed by atoms with E-state index in [1.54, 1.807) is 6.07 Å². The van der Waals surface area contributed by atoms with Gasteiger partial charge in [-0.25, -0.2) is 4.98 Å². The van der Waals surface area contributed by atoms with Crippen LogP contribution >= 0.6 is 0 Å². The highest BCUT2D eigenvalue weighted by Gasteiger charge is 2.36. The van der Waals surface area contributed by atoms with Crippen LogP contribution in [0.1, 0.15) is 31.4 Å². The Hall–Kier alpha value is -1.69. The molecule has 0 unspecified atom stereocenters. The molecule has 1 aliphatic rings. The molecular weight excluding hydrogens is 256 g/mol. The lowest BCUT2D eigenvalue weighted by molar-refractivity contribution is -0.384. The molecule has 0 spiro atoms. The number of pyridine rings is 1. The summed E-state index contributed by atoms with van der Waals surface area (Å²) in [6.45, 7) is 2.53. The summed E-state index contributed by atoms with van der Waals surface area (Å²) in [7, 11) is 4.15. The first-order valence-electron chi connectivity index (χ1n) is 6.98. The van der Waals surface area contributed by atoms with Gasteiger partial charge in [0.05, 0.1) is 4.92 Å². The van der Waals surface area contributed by atoms with Crippen LogP contribution in [0.3, 0.4) is 0 Å². The number of nitro groups is 1. The average Bonchev–Trinajstić information content (AvgIpc) is 2.86. The monoisotopic (exact) mass is 278 g/mol. The van der Waals surface area contributed by atoms with Crippen molar-refractivity contribution >= 4 is 11.5 Å². The zero-order valence-corrected chi connectivity index (χ0v) is 12.3. The number of hydrogen-bond donors (Lipinski definition) is 1. The van der Waals surface area contributed by atoms with E-state index in [1.807, 2.05) is 6.92 Å². The molecule has 1 heterocycles. The van der Waals surface area contributed by atoms with Crippen LogP contribution in [0.15, 0.2) is 12.1 Å². The van der Waals surface area contributed by atoms with Gasteiger partial charge >= 0.3 is 5.69 Å². The number of aromatic nitrogens is 1. The number of likely N-dealkylation sites (N-methyl/N-ethyl adjacent to an activating group) is 1. The molecule has 1 saturated carbocycles. The van der Waals surface area contributed by atoms with Crippen LogP contribution in [0.2, 0.25) is 0 Å². The summed E-state index contributed by atoms with van der Waals surface area (Å²) >= 11 is 0. The van der Waals surface area contributed by atoms with E-state index in [-0.39, 0.29) is 16.1 Å². The van der Waals surface area contributed by atoms with Crippen molar-refractivity contribution in [2.45, 2.75) is 38.1 Å². The van der Waals surface area contributed by atoms with E-state index in [2.05, 4.69) is 29.3 Å². The van der Waals surface area contributed by atoms with Gasteiger partial charge in [-0.1, -0.05) is 12.8 Å². The fraction of sp³-hybridized carbons (Fsp3) is 0.643. The first-order chi connectivity index (χ1) is 9.44. The van der Waals surface area contributed by atoms with E-state index in [0.29, 0.717) is 12.4 Å². The van der Waals surface area contributed by atoms with Crippen LogP contribution in [0, 0.1) is 17.0 Å². The number of nitrogens with one attached hydrogen (secondary N) is 1. The zero-order chi connectivity index (χ0) is 14.8. The predicted octanol–water partition coefficient (Wildman–Crippen LogP) is 2.58. The van der Waals surface area contributed by atoms with Crippen molar-refractivity contribution in [3.05, 3.63) is 27.9 Å². The minimum Gasteiger partial charge on any atom is -0.362 e. The molecule has 20 heavy (non-hydrogen) atoms. The van der Waals surface area contributed by atoms with E-state index < -0.39 is 0 Å². The summed E-state index contributed by atoms with van der Waals surface area (Å²) in [5, 5.41) is 14.3. The Morgan fingerprint density at radius 3 is 2.60 bits per heavy atom. The standard InChI is InChI=1S/C14H22N4O2/c1-11-6-7-12(18(19)20)13(16-11)15-10-14(17(2)3)8-4-5-9-14/h6-7H,4-5,8-10H2,1-3H3,(H,15,16). The van der Waals surface area contributed by atoms with Gasteiger partial charge in [-0.15, -0.1) is 0 Å². The quantitative estimate of drug-likeness (QED) is 0.662. The Kier molecular flexibility index (Phi) is 4.23. The lowest BCUT2D eigenvalue weighted by Gasteiger charge is -2.36. The van der Waals surface area contributed by atoms with E-state index >= 15 is 0 Å².